The SMILES string of the molecule is COC[C@H]1C[C@@H](c2ncc(-c3ccc(-c4ccc(-c5cnc([C@@H]6CC[C@H](C)N6C(=O)C(NC(=O)OC)C(C)C)[nH]5)cc4)cc3)[nH]2)N([N+]([O-])(C(=O)O)C(C)c2ccccc2)C1. The van der Waals surface area contributed by atoms with Crippen molar-refractivity contribution in [1.29, 1.82) is 0 Å². The molecule has 0 radical (unpaired) electrons. The van der Waals surface area contributed by atoms with Gasteiger partial charge in [-0.15, -0.1) is 5.01 Å². The Balaban J connectivity index is 1.05. The molecule has 0 aliphatic carbocycles. The van der Waals surface area contributed by atoms with Crippen molar-refractivity contribution in [3.63, 3.8) is 0 Å². The van der Waals surface area contributed by atoms with E-state index in [1.54, 1.807) is 50.7 Å². The van der Waals surface area contributed by atoms with Crippen LogP contribution in [0.1, 0.15) is 82.3 Å². The number of hydroxylamine groups is 2. The lowest BCUT2D eigenvalue weighted by molar-refractivity contribution is -0.958. The minimum absolute atomic E-state index is 0.0134. The number of benzene rings is 3. The van der Waals surface area contributed by atoms with Gasteiger partial charge < -0.3 is 40.0 Å². The molecule has 7 atom stereocenters. The van der Waals surface area contributed by atoms with E-state index in [0.29, 0.717) is 30.2 Å². The number of methoxy groups -OCH3 is 2. The van der Waals surface area contributed by atoms with E-state index in [2.05, 4.69) is 32.4 Å². The summed E-state index contributed by atoms with van der Waals surface area (Å²) in [7, 11) is 2.89. The summed E-state index contributed by atoms with van der Waals surface area (Å²) < 4.78 is 8.67. The number of hydrogen-bond acceptors (Lipinski definition) is 9. The van der Waals surface area contributed by atoms with Gasteiger partial charge in [0.15, 0.2) is 0 Å². The highest BCUT2D eigenvalue weighted by Gasteiger charge is 2.51. The molecule has 316 valence electrons. The summed E-state index contributed by atoms with van der Waals surface area (Å²) in [6.45, 7) is 8.10. The summed E-state index contributed by atoms with van der Waals surface area (Å²) in [5.41, 5.74) is 6.10. The number of hydrogen-bond donors (Lipinski definition) is 4. The maximum Gasteiger partial charge on any atom is 0.534 e. The summed E-state index contributed by atoms with van der Waals surface area (Å²) in [6, 6.07) is 22.8. The number of carbonyl (C=O) groups is 3. The lowest BCUT2D eigenvalue weighted by Crippen LogP contribution is -2.60. The molecule has 60 heavy (non-hydrogen) atoms. The van der Waals surface area contributed by atoms with Gasteiger partial charge in [-0.05, 0) is 61.3 Å². The molecule has 2 aliphatic heterocycles. The van der Waals surface area contributed by atoms with Crippen LogP contribution in [-0.4, -0.2) is 97.3 Å². The Morgan fingerprint density at radius 2 is 1.40 bits per heavy atom. The average molecular weight is 819 g/mol. The number of aromatic nitrogens is 4. The molecule has 2 fully saturated rings. The first-order valence-electron chi connectivity index (χ1n) is 20.5. The summed E-state index contributed by atoms with van der Waals surface area (Å²) in [5.74, 6) is 0.896. The van der Waals surface area contributed by atoms with E-state index in [-0.39, 0.29) is 36.4 Å². The zero-order valence-corrected chi connectivity index (χ0v) is 34.9. The second kappa shape index (κ2) is 17.8. The number of nitrogens with zero attached hydrogens (tertiary/aromatic N) is 5. The fourth-order valence-corrected chi connectivity index (χ4v) is 8.75. The quantitative estimate of drug-likeness (QED) is 0.0665. The minimum Gasteiger partial charge on any atom is -0.601 e. The first-order valence-corrected chi connectivity index (χ1v) is 20.5. The van der Waals surface area contributed by atoms with E-state index in [1.807, 2.05) is 68.1 Å². The number of alkyl carbamates (subject to hydrolysis) is 1. The monoisotopic (exact) mass is 818 g/mol. The number of quaternary nitrogens is 1. The molecule has 0 spiro atoms. The van der Waals surface area contributed by atoms with E-state index in [4.69, 9.17) is 14.5 Å². The number of aromatic amines is 2. The molecule has 0 bridgehead atoms. The highest BCUT2D eigenvalue weighted by molar-refractivity contribution is 5.86. The molecule has 5 aromatic rings. The van der Waals surface area contributed by atoms with Crippen LogP contribution in [0, 0.1) is 17.0 Å². The van der Waals surface area contributed by atoms with E-state index >= 15 is 0 Å². The van der Waals surface area contributed by atoms with Crippen molar-refractivity contribution < 1.29 is 33.7 Å². The van der Waals surface area contributed by atoms with Gasteiger partial charge in [0.1, 0.15) is 29.8 Å². The van der Waals surface area contributed by atoms with Gasteiger partial charge in [-0.3, -0.25) is 4.79 Å². The van der Waals surface area contributed by atoms with Crippen LogP contribution >= 0.6 is 0 Å². The molecular weight excluding hydrogens is 765 g/mol. The Bertz CT molecular complexity index is 2260. The number of carbonyl (C=O) groups excluding carboxylic acids is 2. The van der Waals surface area contributed by atoms with Crippen molar-refractivity contribution in [1.82, 2.24) is 35.2 Å². The van der Waals surface area contributed by atoms with Gasteiger partial charge in [0.05, 0.1) is 50.1 Å². The van der Waals surface area contributed by atoms with Crippen LogP contribution in [0.15, 0.2) is 91.3 Å². The molecule has 15 nitrogen and oxygen atoms in total. The minimum atomic E-state index is -1.56. The van der Waals surface area contributed by atoms with Gasteiger partial charge in [0.2, 0.25) is 5.91 Å². The van der Waals surface area contributed by atoms with Crippen molar-refractivity contribution in [3.8, 4) is 33.6 Å². The number of ether oxygens (including phenoxy) is 2. The highest BCUT2D eigenvalue weighted by atomic mass is 16.7. The predicted molar refractivity (Wildman–Crippen MR) is 225 cm³/mol. The number of nitrogens with one attached hydrogen (secondary N) is 3. The van der Waals surface area contributed by atoms with Crippen LogP contribution in [0.5, 0.6) is 0 Å². The van der Waals surface area contributed by atoms with Gasteiger partial charge in [-0.25, -0.2) is 14.8 Å². The molecule has 4 N–H and O–H groups in total. The van der Waals surface area contributed by atoms with Gasteiger partial charge in [0.25, 0.3) is 0 Å². The fraction of sp³-hybridized carbons (Fsp3) is 0.400. The number of imidazole rings is 2. The first-order chi connectivity index (χ1) is 28.8. The Morgan fingerprint density at radius 3 is 1.92 bits per heavy atom. The molecule has 2 saturated heterocycles. The zero-order valence-electron chi connectivity index (χ0n) is 34.9. The predicted octanol–water partition coefficient (Wildman–Crippen LogP) is 8.24. The summed E-state index contributed by atoms with van der Waals surface area (Å²) in [4.78, 5) is 56.7. The van der Waals surface area contributed by atoms with E-state index in [0.717, 1.165) is 46.5 Å². The molecule has 3 unspecified atom stereocenters. The molecule has 3 amide bonds. The van der Waals surface area contributed by atoms with Crippen LogP contribution in [0.4, 0.5) is 9.59 Å². The Hall–Kier alpha value is -5.87. The lowest BCUT2D eigenvalue weighted by Gasteiger charge is -2.48. The second-order valence-corrected chi connectivity index (χ2v) is 16.3. The number of rotatable bonds is 13. The standard InChI is InChI=1S/C45H54N8O7/c1-27(2)40(50-44(55)60-6)43(54)52-28(3)12-21-38(52)41-46-23-36(48-41)34-17-13-32(14-18-34)33-15-19-35(20-16-33)37-24-47-42(49-37)39-22-30(26-59-5)25-51(39)53(58,45(56)57)29(4)31-10-8-7-9-11-31/h7-11,13-20,23-24,27-30,38-40H,12,21-22,25-26H2,1-6H3,(H,46,48)(H,47,49)(H,50,55)(H,56,57)/t28-,29?,30-,38-,39-,40?,53?/m0/s1. The Morgan fingerprint density at radius 1 is 0.850 bits per heavy atom. The second-order valence-electron chi connectivity index (χ2n) is 16.3. The number of H-pyrrole nitrogens is 2. The maximum atomic E-state index is 14.5. The van der Waals surface area contributed by atoms with Crippen LogP contribution in [0.3, 0.4) is 0 Å². The third kappa shape index (κ3) is 8.30. The lowest BCUT2D eigenvalue weighted by atomic mass is 10.0. The summed E-state index contributed by atoms with van der Waals surface area (Å²) in [6.07, 6.45) is 3.49. The average Bonchev–Trinajstić information content (AvgIpc) is 4.09. The molecule has 3 aromatic carbocycles. The number of likely N-dealkylation sites (tertiary alicyclic amines) is 1. The van der Waals surface area contributed by atoms with Gasteiger partial charge in [0, 0.05) is 24.6 Å². The third-order valence-electron chi connectivity index (χ3n) is 12.1. The number of carboxylic acid groups (broad SMARTS) is 1. The molecule has 4 heterocycles. The van der Waals surface area contributed by atoms with E-state index in [9.17, 15) is 24.7 Å². The van der Waals surface area contributed by atoms with Crippen molar-refractivity contribution in [2.24, 2.45) is 11.8 Å². The Kier molecular flexibility index (Phi) is 12.5. The van der Waals surface area contributed by atoms with Gasteiger partial charge >= 0.3 is 12.2 Å². The summed E-state index contributed by atoms with van der Waals surface area (Å²) in [5, 5.41) is 29.2. The van der Waals surface area contributed by atoms with Crippen LogP contribution in [0.2, 0.25) is 0 Å². The molecule has 15 heteroatoms. The van der Waals surface area contributed by atoms with Crippen molar-refractivity contribution in [2.45, 2.75) is 77.2 Å². The smallest absolute Gasteiger partial charge is 0.534 e. The molecule has 0 saturated carbocycles. The van der Waals surface area contributed by atoms with Crippen LogP contribution < -0.4 is 5.32 Å². The molecule has 2 aliphatic rings. The van der Waals surface area contributed by atoms with Crippen molar-refractivity contribution in [3.05, 3.63) is 114 Å². The normalized spacial score (nSPS) is 21.4. The fourth-order valence-electron chi connectivity index (χ4n) is 8.75. The largest absolute Gasteiger partial charge is 0.601 e. The van der Waals surface area contributed by atoms with Crippen LogP contribution in [0.25, 0.3) is 33.6 Å². The zero-order chi connectivity index (χ0) is 42.7. The molecular formula is C45H54N8O7. The third-order valence-corrected chi connectivity index (χ3v) is 12.1. The molecule has 7 rings (SSSR count). The number of amides is 3. The van der Waals surface area contributed by atoms with E-state index < -0.39 is 35.1 Å². The van der Waals surface area contributed by atoms with Crippen LogP contribution in [-0.2, 0) is 14.3 Å². The topological polar surface area (TPSA) is 189 Å². The summed E-state index contributed by atoms with van der Waals surface area (Å²) >= 11 is 0. The highest BCUT2D eigenvalue weighted by Crippen LogP contribution is 2.44. The first kappa shape index (κ1) is 42.3. The maximum absolute atomic E-state index is 14.5. The van der Waals surface area contributed by atoms with Crippen molar-refractivity contribution >= 4 is 18.1 Å². The van der Waals surface area contributed by atoms with Gasteiger partial charge in [-0.1, -0.05) is 92.7 Å². The Labute approximate surface area is 349 Å². The van der Waals surface area contributed by atoms with Gasteiger partial charge in [-0.2, -0.15) is 9.55 Å². The molecule has 2 aromatic heterocycles. The van der Waals surface area contributed by atoms with Crippen molar-refractivity contribution in [2.75, 3.05) is 27.4 Å². The van der Waals surface area contributed by atoms with E-state index in [1.165, 1.54) is 12.1 Å².